The van der Waals surface area contributed by atoms with E-state index in [0.717, 1.165) is 33.3 Å². The molecular weight excluding hydrogens is 282 g/mol. The van der Waals surface area contributed by atoms with Crippen LogP contribution in [-0.4, -0.2) is 34.9 Å². The number of rotatable bonds is 2. The monoisotopic (exact) mass is 301 g/mol. The van der Waals surface area contributed by atoms with Crippen molar-refractivity contribution < 1.29 is 4.79 Å². The number of nitrogens with two attached hydrogens (primary N) is 1. The van der Waals surface area contributed by atoms with Gasteiger partial charge in [-0.1, -0.05) is 0 Å². The summed E-state index contributed by atoms with van der Waals surface area (Å²) in [5.41, 5.74) is 7.87. The molecule has 0 unspecified atom stereocenters. The van der Waals surface area contributed by atoms with Crippen LogP contribution in [0.5, 0.6) is 0 Å². The average molecular weight is 301 g/mol. The minimum atomic E-state index is 0.0983. The van der Waals surface area contributed by atoms with Gasteiger partial charge in [0.25, 0.3) is 5.91 Å². The number of aryl methyl sites for hydroxylation is 1. The Morgan fingerprint density at radius 3 is 2.95 bits per heavy atom. The Morgan fingerprint density at radius 1 is 1.38 bits per heavy atom. The predicted molar refractivity (Wildman–Crippen MR) is 84.4 cm³/mol. The summed E-state index contributed by atoms with van der Waals surface area (Å²) in [6, 6.07) is 5.98. The second-order valence-corrected chi connectivity index (χ2v) is 7.53. The average Bonchev–Trinajstić information content (AvgIpc) is 3.12. The van der Waals surface area contributed by atoms with Crippen LogP contribution in [0.15, 0.2) is 18.2 Å². The van der Waals surface area contributed by atoms with E-state index < -0.39 is 0 Å². The van der Waals surface area contributed by atoms with E-state index in [1.165, 1.54) is 12.8 Å². The fourth-order valence-corrected chi connectivity index (χ4v) is 4.21. The summed E-state index contributed by atoms with van der Waals surface area (Å²) in [6.45, 7) is 3.50. The van der Waals surface area contributed by atoms with Gasteiger partial charge in [0, 0.05) is 24.7 Å². The number of carbonyl (C=O) groups is 1. The number of aromatic nitrogens is 1. The van der Waals surface area contributed by atoms with Gasteiger partial charge in [-0.15, -0.1) is 11.3 Å². The molecule has 110 valence electrons. The van der Waals surface area contributed by atoms with Gasteiger partial charge in [-0.05, 0) is 49.8 Å². The summed E-state index contributed by atoms with van der Waals surface area (Å²) in [5, 5.41) is 1.03. The van der Waals surface area contributed by atoms with E-state index in [-0.39, 0.29) is 11.9 Å². The predicted octanol–water partition coefficient (Wildman–Crippen LogP) is 2.41. The number of thiazole rings is 1. The molecule has 2 aromatic rings. The van der Waals surface area contributed by atoms with Crippen molar-refractivity contribution in [1.82, 2.24) is 9.88 Å². The number of hydrogen-bond acceptors (Lipinski definition) is 4. The summed E-state index contributed by atoms with van der Waals surface area (Å²) in [6.07, 6.45) is 2.56. The normalized spacial score (nSPS) is 25.7. The lowest BCUT2D eigenvalue weighted by Crippen LogP contribution is -2.32. The molecule has 0 bridgehead atoms. The molecule has 2 heterocycles. The van der Waals surface area contributed by atoms with Crippen LogP contribution in [0.1, 0.15) is 28.2 Å². The fraction of sp³-hybridized carbons (Fsp3) is 0.500. The van der Waals surface area contributed by atoms with Gasteiger partial charge < -0.3 is 10.6 Å². The number of benzene rings is 1. The molecule has 4 nitrogen and oxygen atoms in total. The molecule has 1 aromatic heterocycles. The van der Waals surface area contributed by atoms with E-state index in [0.29, 0.717) is 12.5 Å². The van der Waals surface area contributed by atoms with Gasteiger partial charge >= 0.3 is 0 Å². The van der Waals surface area contributed by atoms with Crippen molar-refractivity contribution in [2.45, 2.75) is 25.8 Å². The van der Waals surface area contributed by atoms with Crippen molar-refractivity contribution in [3.63, 3.8) is 0 Å². The highest BCUT2D eigenvalue weighted by Gasteiger charge is 2.42. The SMILES string of the molecule is Cc1nc2cc(C(=O)N3C[C@@H](N)[C@H](C4CC4)C3)ccc2s1. The van der Waals surface area contributed by atoms with Crippen LogP contribution in [0.2, 0.25) is 0 Å². The molecule has 1 aliphatic heterocycles. The van der Waals surface area contributed by atoms with Crippen LogP contribution in [0.4, 0.5) is 0 Å². The largest absolute Gasteiger partial charge is 0.337 e. The maximum absolute atomic E-state index is 12.7. The van der Waals surface area contributed by atoms with Gasteiger partial charge in [0.15, 0.2) is 0 Å². The standard InChI is InChI=1S/C16H19N3OS/c1-9-18-14-6-11(4-5-15(14)21-9)16(20)19-7-12(10-2-3-10)13(17)8-19/h4-6,10,12-13H,2-3,7-8,17H2,1H3/t12-,13+/m0/s1. The van der Waals surface area contributed by atoms with Crippen molar-refractivity contribution in [1.29, 1.82) is 0 Å². The van der Waals surface area contributed by atoms with E-state index in [9.17, 15) is 4.79 Å². The van der Waals surface area contributed by atoms with E-state index in [1.807, 2.05) is 30.0 Å². The lowest BCUT2D eigenvalue weighted by atomic mass is 9.99. The third-order valence-corrected chi connectivity index (χ3v) is 5.62. The molecule has 1 aromatic carbocycles. The Kier molecular flexibility index (Phi) is 3.01. The molecule has 21 heavy (non-hydrogen) atoms. The Morgan fingerprint density at radius 2 is 2.19 bits per heavy atom. The third kappa shape index (κ3) is 2.34. The molecule has 5 heteroatoms. The molecule has 1 saturated carbocycles. The number of carbonyl (C=O) groups excluding carboxylic acids is 1. The van der Waals surface area contributed by atoms with E-state index in [4.69, 9.17) is 5.73 Å². The highest BCUT2D eigenvalue weighted by Crippen LogP contribution is 2.41. The molecule has 2 N–H and O–H groups in total. The number of amides is 1. The first-order valence-electron chi connectivity index (χ1n) is 7.54. The quantitative estimate of drug-likeness (QED) is 0.926. The molecular formula is C16H19N3OS. The lowest BCUT2D eigenvalue weighted by molar-refractivity contribution is 0.0785. The zero-order valence-corrected chi connectivity index (χ0v) is 12.9. The molecule has 0 spiro atoms. The second kappa shape index (κ2) is 4.78. The first kappa shape index (κ1) is 13.2. The van der Waals surface area contributed by atoms with Crippen LogP contribution in [0.25, 0.3) is 10.2 Å². The van der Waals surface area contributed by atoms with Crippen molar-refractivity contribution >= 4 is 27.5 Å². The van der Waals surface area contributed by atoms with Crippen LogP contribution in [0, 0.1) is 18.8 Å². The summed E-state index contributed by atoms with van der Waals surface area (Å²) < 4.78 is 1.14. The fourth-order valence-electron chi connectivity index (χ4n) is 3.40. The molecule has 1 aliphatic carbocycles. The zero-order chi connectivity index (χ0) is 14.6. The highest BCUT2D eigenvalue weighted by atomic mass is 32.1. The molecule has 2 fully saturated rings. The molecule has 1 saturated heterocycles. The van der Waals surface area contributed by atoms with Gasteiger partial charge in [-0.25, -0.2) is 4.98 Å². The molecule has 2 aliphatic rings. The van der Waals surface area contributed by atoms with Crippen LogP contribution < -0.4 is 5.73 Å². The molecule has 2 atom stereocenters. The summed E-state index contributed by atoms with van der Waals surface area (Å²) in [5.74, 6) is 1.35. The first-order chi connectivity index (χ1) is 10.1. The number of fused-ring (bicyclic) bond motifs is 1. The summed E-state index contributed by atoms with van der Waals surface area (Å²) >= 11 is 1.66. The van der Waals surface area contributed by atoms with E-state index in [2.05, 4.69) is 4.98 Å². The number of hydrogen-bond donors (Lipinski definition) is 1. The number of likely N-dealkylation sites (tertiary alicyclic amines) is 1. The number of nitrogens with zero attached hydrogens (tertiary/aromatic N) is 2. The van der Waals surface area contributed by atoms with Gasteiger partial charge in [0.1, 0.15) is 0 Å². The molecule has 1 amide bonds. The van der Waals surface area contributed by atoms with E-state index >= 15 is 0 Å². The molecule has 4 rings (SSSR count). The van der Waals surface area contributed by atoms with Crippen molar-refractivity contribution in [2.24, 2.45) is 17.6 Å². The summed E-state index contributed by atoms with van der Waals surface area (Å²) in [4.78, 5) is 19.1. The van der Waals surface area contributed by atoms with Gasteiger partial charge in [0.05, 0.1) is 15.2 Å². The Labute approximate surface area is 128 Å². The Balaban J connectivity index is 1.58. The highest BCUT2D eigenvalue weighted by molar-refractivity contribution is 7.18. The van der Waals surface area contributed by atoms with Crippen molar-refractivity contribution in [3.05, 3.63) is 28.8 Å². The van der Waals surface area contributed by atoms with Gasteiger partial charge in [-0.3, -0.25) is 4.79 Å². The third-order valence-electron chi connectivity index (χ3n) is 4.67. The summed E-state index contributed by atoms with van der Waals surface area (Å²) in [7, 11) is 0. The first-order valence-corrected chi connectivity index (χ1v) is 8.35. The topological polar surface area (TPSA) is 59.2 Å². The molecule has 0 radical (unpaired) electrons. The lowest BCUT2D eigenvalue weighted by Gasteiger charge is -2.16. The smallest absolute Gasteiger partial charge is 0.253 e. The van der Waals surface area contributed by atoms with Crippen LogP contribution in [0.3, 0.4) is 0 Å². The van der Waals surface area contributed by atoms with Crippen LogP contribution in [-0.2, 0) is 0 Å². The second-order valence-electron chi connectivity index (χ2n) is 6.29. The van der Waals surface area contributed by atoms with Gasteiger partial charge in [-0.2, -0.15) is 0 Å². The van der Waals surface area contributed by atoms with Crippen molar-refractivity contribution in [3.8, 4) is 0 Å². The minimum absolute atomic E-state index is 0.0983. The maximum atomic E-state index is 12.7. The van der Waals surface area contributed by atoms with Crippen LogP contribution >= 0.6 is 11.3 Å². The Bertz CT molecular complexity index is 707. The van der Waals surface area contributed by atoms with E-state index in [1.54, 1.807) is 11.3 Å². The zero-order valence-electron chi connectivity index (χ0n) is 12.1. The minimum Gasteiger partial charge on any atom is -0.337 e. The van der Waals surface area contributed by atoms with Crippen molar-refractivity contribution in [2.75, 3.05) is 13.1 Å². The maximum Gasteiger partial charge on any atom is 0.253 e. The van der Waals surface area contributed by atoms with Gasteiger partial charge in [0.2, 0.25) is 0 Å². The Hall–Kier alpha value is -1.46.